The Morgan fingerprint density at radius 2 is 2.00 bits per heavy atom. The highest BCUT2D eigenvalue weighted by molar-refractivity contribution is 7.88. The average Bonchev–Trinajstić information content (AvgIpc) is 3.28. The number of carbonyl (C=O) groups excluding carboxylic acids is 1. The first-order valence-electron chi connectivity index (χ1n) is 8.45. The quantitative estimate of drug-likeness (QED) is 0.668. The van der Waals surface area contributed by atoms with E-state index in [1.807, 2.05) is 5.38 Å². The van der Waals surface area contributed by atoms with Crippen LogP contribution in [-0.4, -0.2) is 84.2 Å². The maximum atomic E-state index is 12.1. The molecule has 1 aromatic heterocycles. The number of alkyl halides is 3. The highest BCUT2D eigenvalue weighted by Gasteiger charge is 2.52. The number of hydrogen-bond acceptors (Lipinski definition) is 7. The zero-order chi connectivity index (χ0) is 22.0. The van der Waals surface area contributed by atoms with E-state index in [-0.39, 0.29) is 17.9 Å². The van der Waals surface area contributed by atoms with Crippen molar-refractivity contribution in [2.75, 3.05) is 26.4 Å². The standard InChI is InChI=1S/C13H20N4O3S2.C2HF3O2/c1-14-13(18)10-5-9-6-16(8-12-15-3-4-21-12)7-11(9)17(10)22(2,19)20;3-2(4,5)1(6)7/h3-4,9-11H,5-8H2,1-2H3,(H,14,18);(H,6,7)/t9-,10-,11+;/m1./s1. The average molecular weight is 458 g/mol. The van der Waals surface area contributed by atoms with Gasteiger partial charge in [-0.15, -0.1) is 11.3 Å². The summed E-state index contributed by atoms with van der Waals surface area (Å²) in [6, 6.07) is -0.686. The van der Waals surface area contributed by atoms with Gasteiger partial charge in [0.05, 0.1) is 12.8 Å². The minimum absolute atomic E-state index is 0.114. The molecule has 9 nitrogen and oxygen atoms in total. The minimum atomic E-state index is -5.08. The zero-order valence-corrected chi connectivity index (χ0v) is 17.2. The molecule has 0 unspecified atom stereocenters. The first-order valence-corrected chi connectivity index (χ1v) is 11.2. The first-order chi connectivity index (χ1) is 13.3. The van der Waals surface area contributed by atoms with Crippen LogP contribution in [0.5, 0.6) is 0 Å². The van der Waals surface area contributed by atoms with E-state index in [4.69, 9.17) is 9.90 Å². The first kappa shape index (κ1) is 23.5. The van der Waals surface area contributed by atoms with Gasteiger partial charge in [-0.2, -0.15) is 17.5 Å². The molecular weight excluding hydrogens is 437 g/mol. The maximum absolute atomic E-state index is 12.1. The van der Waals surface area contributed by atoms with Gasteiger partial charge in [0.2, 0.25) is 15.9 Å². The second-order valence-corrected chi connectivity index (χ2v) is 9.58. The molecule has 0 aromatic carbocycles. The summed E-state index contributed by atoms with van der Waals surface area (Å²) in [4.78, 5) is 27.4. The number of nitrogens with one attached hydrogen (secondary N) is 1. The molecule has 3 atom stereocenters. The van der Waals surface area contributed by atoms with Crippen molar-refractivity contribution in [3.63, 3.8) is 0 Å². The number of amides is 1. The maximum Gasteiger partial charge on any atom is 0.490 e. The second kappa shape index (κ2) is 8.93. The van der Waals surface area contributed by atoms with Crippen LogP contribution in [-0.2, 0) is 26.2 Å². The molecule has 0 bridgehead atoms. The fourth-order valence-corrected chi connectivity index (χ4v) is 5.63. The number of carboxylic acids is 1. The van der Waals surface area contributed by atoms with Crippen LogP contribution in [0.15, 0.2) is 11.6 Å². The van der Waals surface area contributed by atoms with Crippen molar-refractivity contribution in [1.29, 1.82) is 0 Å². The molecule has 1 amide bonds. The molecule has 164 valence electrons. The van der Waals surface area contributed by atoms with Gasteiger partial charge in [0, 0.05) is 37.8 Å². The Bertz CT molecular complexity index is 832. The third-order valence-corrected chi connectivity index (χ3v) is 6.71. The summed E-state index contributed by atoms with van der Waals surface area (Å²) in [6.45, 7) is 2.21. The fourth-order valence-electron chi connectivity index (χ4n) is 3.60. The van der Waals surface area contributed by atoms with Crippen LogP contribution in [0.2, 0.25) is 0 Å². The Kier molecular flexibility index (Phi) is 7.24. The predicted octanol–water partition coefficient (Wildman–Crippen LogP) is 0.357. The Hall–Kier alpha value is -1.77. The molecule has 2 fully saturated rings. The summed E-state index contributed by atoms with van der Waals surface area (Å²) in [5.41, 5.74) is 0. The number of likely N-dealkylation sites (tertiary alicyclic amines) is 1. The summed E-state index contributed by atoms with van der Waals surface area (Å²) in [5, 5.41) is 12.7. The number of sulfonamides is 1. The van der Waals surface area contributed by atoms with Crippen LogP contribution in [0.4, 0.5) is 13.2 Å². The summed E-state index contributed by atoms with van der Waals surface area (Å²) < 4.78 is 57.4. The van der Waals surface area contributed by atoms with Crippen molar-refractivity contribution < 1.29 is 36.3 Å². The summed E-state index contributed by atoms with van der Waals surface area (Å²) in [6.07, 6.45) is -1.53. The van der Waals surface area contributed by atoms with Gasteiger partial charge in [0.1, 0.15) is 11.0 Å². The molecule has 1 aromatic rings. The molecule has 2 aliphatic heterocycles. The number of aliphatic carboxylic acids is 1. The van der Waals surface area contributed by atoms with Gasteiger partial charge in [0.15, 0.2) is 0 Å². The smallest absolute Gasteiger partial charge is 0.475 e. The summed E-state index contributed by atoms with van der Waals surface area (Å²) in [5.74, 6) is -2.77. The molecule has 2 N–H and O–H groups in total. The third kappa shape index (κ3) is 5.87. The van der Waals surface area contributed by atoms with Crippen LogP contribution in [0, 0.1) is 5.92 Å². The Morgan fingerprint density at radius 1 is 1.38 bits per heavy atom. The Balaban J connectivity index is 0.000000370. The SMILES string of the molecule is CNC(=O)[C@H]1C[C@@H]2CN(Cc3nccs3)C[C@@H]2N1S(C)(=O)=O.O=C(O)C(F)(F)F. The topological polar surface area (TPSA) is 120 Å². The molecule has 0 spiro atoms. The molecule has 3 heterocycles. The molecule has 0 saturated carbocycles. The monoisotopic (exact) mass is 458 g/mol. The molecule has 2 aliphatic rings. The molecule has 2 saturated heterocycles. The van der Waals surface area contributed by atoms with Gasteiger partial charge in [-0.05, 0) is 12.3 Å². The highest BCUT2D eigenvalue weighted by Crippen LogP contribution is 2.38. The van der Waals surface area contributed by atoms with E-state index in [0.29, 0.717) is 13.0 Å². The van der Waals surface area contributed by atoms with Crippen LogP contribution in [0.3, 0.4) is 0 Å². The minimum Gasteiger partial charge on any atom is -0.475 e. The molecule has 0 aliphatic carbocycles. The number of aromatic nitrogens is 1. The van der Waals surface area contributed by atoms with E-state index in [0.717, 1.165) is 18.1 Å². The van der Waals surface area contributed by atoms with E-state index in [2.05, 4.69) is 15.2 Å². The number of carbonyl (C=O) groups is 2. The highest BCUT2D eigenvalue weighted by atomic mass is 32.2. The van der Waals surface area contributed by atoms with Gasteiger partial charge >= 0.3 is 12.1 Å². The number of fused-ring (bicyclic) bond motifs is 1. The third-order valence-electron chi connectivity index (χ3n) is 4.66. The van der Waals surface area contributed by atoms with Crippen molar-refractivity contribution in [2.24, 2.45) is 5.92 Å². The van der Waals surface area contributed by atoms with Crippen LogP contribution in [0.1, 0.15) is 11.4 Å². The molecular formula is C15H21F3N4O5S2. The number of likely N-dealkylation sites (N-methyl/N-ethyl adjacent to an activating group) is 1. The number of rotatable bonds is 4. The number of carboxylic acid groups (broad SMARTS) is 1. The van der Waals surface area contributed by atoms with Crippen molar-refractivity contribution in [2.45, 2.75) is 31.2 Å². The van der Waals surface area contributed by atoms with Gasteiger partial charge in [-0.25, -0.2) is 18.2 Å². The van der Waals surface area contributed by atoms with E-state index < -0.39 is 28.2 Å². The Labute approximate surface area is 169 Å². The van der Waals surface area contributed by atoms with Crippen LogP contribution in [0.25, 0.3) is 0 Å². The number of thiazole rings is 1. The van der Waals surface area contributed by atoms with E-state index >= 15 is 0 Å². The number of halogens is 3. The molecule has 3 rings (SSSR count). The predicted molar refractivity (Wildman–Crippen MR) is 97.5 cm³/mol. The van der Waals surface area contributed by atoms with Crippen molar-refractivity contribution in [3.05, 3.63) is 16.6 Å². The molecule has 0 radical (unpaired) electrons. The van der Waals surface area contributed by atoms with Crippen molar-refractivity contribution in [1.82, 2.24) is 19.5 Å². The number of nitrogens with zero attached hydrogens (tertiary/aromatic N) is 3. The lowest BCUT2D eigenvalue weighted by molar-refractivity contribution is -0.192. The van der Waals surface area contributed by atoms with E-state index in [1.165, 1.54) is 10.6 Å². The van der Waals surface area contributed by atoms with Gasteiger partial charge < -0.3 is 10.4 Å². The number of hydrogen-bond donors (Lipinski definition) is 2. The lowest BCUT2D eigenvalue weighted by atomic mass is 10.0. The second-order valence-electron chi connectivity index (χ2n) is 6.71. The van der Waals surface area contributed by atoms with Crippen LogP contribution < -0.4 is 5.32 Å². The normalized spacial score (nSPS) is 25.2. The zero-order valence-electron chi connectivity index (χ0n) is 15.6. The van der Waals surface area contributed by atoms with E-state index in [1.54, 1.807) is 24.6 Å². The molecule has 14 heteroatoms. The summed E-state index contributed by atoms with van der Waals surface area (Å²) >= 11 is 1.60. The van der Waals surface area contributed by atoms with E-state index in [9.17, 15) is 26.4 Å². The largest absolute Gasteiger partial charge is 0.490 e. The lowest BCUT2D eigenvalue weighted by Gasteiger charge is -2.27. The van der Waals surface area contributed by atoms with Crippen LogP contribution >= 0.6 is 11.3 Å². The fraction of sp³-hybridized carbons (Fsp3) is 0.667. The van der Waals surface area contributed by atoms with Crippen molar-refractivity contribution in [3.8, 4) is 0 Å². The summed E-state index contributed by atoms with van der Waals surface area (Å²) in [7, 11) is -1.87. The Morgan fingerprint density at radius 3 is 2.45 bits per heavy atom. The van der Waals surface area contributed by atoms with Gasteiger partial charge in [0.25, 0.3) is 0 Å². The van der Waals surface area contributed by atoms with Gasteiger partial charge in [-0.3, -0.25) is 9.69 Å². The van der Waals surface area contributed by atoms with Crippen molar-refractivity contribution >= 4 is 33.2 Å². The lowest BCUT2D eigenvalue weighted by Crippen LogP contribution is -2.49. The van der Waals surface area contributed by atoms with Gasteiger partial charge in [-0.1, -0.05) is 0 Å². The molecule has 29 heavy (non-hydrogen) atoms.